The van der Waals surface area contributed by atoms with Crippen LogP contribution in [0.25, 0.3) is 15.9 Å². The van der Waals surface area contributed by atoms with E-state index in [9.17, 15) is 9.18 Å². The fourth-order valence-corrected chi connectivity index (χ4v) is 3.37. The molecule has 0 radical (unpaired) electrons. The summed E-state index contributed by atoms with van der Waals surface area (Å²) in [5.41, 5.74) is 1.51. The monoisotopic (exact) mass is 343 g/mol. The summed E-state index contributed by atoms with van der Waals surface area (Å²) >= 11 is 1.28. The molecule has 3 rings (SSSR count). The van der Waals surface area contributed by atoms with Crippen molar-refractivity contribution in [1.29, 1.82) is 5.26 Å². The van der Waals surface area contributed by atoms with Crippen molar-refractivity contribution in [3.63, 3.8) is 0 Å². The van der Waals surface area contributed by atoms with Gasteiger partial charge in [0.05, 0.1) is 24.1 Å². The van der Waals surface area contributed by atoms with Crippen LogP contribution in [0.5, 0.6) is 0 Å². The van der Waals surface area contributed by atoms with Crippen LogP contribution in [0.1, 0.15) is 28.2 Å². The van der Waals surface area contributed by atoms with E-state index in [2.05, 4.69) is 5.10 Å². The van der Waals surface area contributed by atoms with Crippen LogP contribution in [-0.4, -0.2) is 22.4 Å². The molecular formula is C17H14FN3O2S. The second-order valence-electron chi connectivity index (χ2n) is 5.20. The third-order valence-corrected chi connectivity index (χ3v) is 4.57. The van der Waals surface area contributed by atoms with Gasteiger partial charge in [0.25, 0.3) is 0 Å². The number of unbranched alkanes of at least 4 members (excludes halogenated alkanes) is 1. The van der Waals surface area contributed by atoms with Gasteiger partial charge in [0.1, 0.15) is 15.5 Å². The van der Waals surface area contributed by atoms with Gasteiger partial charge in [-0.05, 0) is 43.7 Å². The summed E-state index contributed by atoms with van der Waals surface area (Å²) in [5.74, 6) is -0.717. The predicted molar refractivity (Wildman–Crippen MR) is 88.8 cm³/mol. The fraction of sp³-hybridized carbons (Fsp3) is 0.235. The third-order valence-electron chi connectivity index (χ3n) is 3.48. The first-order valence-electron chi connectivity index (χ1n) is 7.39. The van der Waals surface area contributed by atoms with Gasteiger partial charge >= 0.3 is 5.97 Å². The molecule has 2 aromatic heterocycles. The number of nitrogens with zero attached hydrogens (tertiary/aromatic N) is 3. The van der Waals surface area contributed by atoms with E-state index in [1.807, 2.05) is 13.0 Å². The molecule has 0 N–H and O–H groups in total. The summed E-state index contributed by atoms with van der Waals surface area (Å²) < 4.78 is 20.0. The van der Waals surface area contributed by atoms with Gasteiger partial charge in [0.15, 0.2) is 0 Å². The Balaban J connectivity index is 1.88. The molecule has 0 fully saturated rings. The number of halogens is 1. The quantitative estimate of drug-likeness (QED) is 0.519. The smallest absolute Gasteiger partial charge is 0.348 e. The molecule has 0 saturated heterocycles. The number of esters is 1. The second kappa shape index (κ2) is 6.81. The Kier molecular flexibility index (Phi) is 4.58. The van der Waals surface area contributed by atoms with Crippen molar-refractivity contribution in [3.8, 4) is 11.8 Å². The van der Waals surface area contributed by atoms with Gasteiger partial charge in [-0.3, -0.25) is 0 Å². The molecule has 0 unspecified atom stereocenters. The zero-order chi connectivity index (χ0) is 17.1. The first-order chi connectivity index (χ1) is 11.6. The summed E-state index contributed by atoms with van der Waals surface area (Å²) in [6, 6.07) is 9.79. The molecule has 0 bridgehead atoms. The van der Waals surface area contributed by atoms with Gasteiger partial charge < -0.3 is 4.74 Å². The van der Waals surface area contributed by atoms with Crippen LogP contribution >= 0.6 is 11.3 Å². The Bertz CT molecular complexity index is 922. The van der Waals surface area contributed by atoms with Crippen LogP contribution < -0.4 is 0 Å². The van der Waals surface area contributed by atoms with Crippen molar-refractivity contribution >= 4 is 27.5 Å². The molecule has 122 valence electrons. The first kappa shape index (κ1) is 16.1. The highest BCUT2D eigenvalue weighted by Crippen LogP contribution is 2.30. The molecule has 0 aliphatic carbocycles. The Morgan fingerprint density at radius 1 is 1.42 bits per heavy atom. The number of hydrogen-bond acceptors (Lipinski definition) is 5. The van der Waals surface area contributed by atoms with Crippen LogP contribution in [-0.2, 0) is 4.74 Å². The van der Waals surface area contributed by atoms with Gasteiger partial charge in [-0.15, -0.1) is 11.3 Å². The molecule has 1 aromatic carbocycles. The van der Waals surface area contributed by atoms with E-state index in [4.69, 9.17) is 10.00 Å². The van der Waals surface area contributed by atoms with Crippen molar-refractivity contribution < 1.29 is 13.9 Å². The van der Waals surface area contributed by atoms with Gasteiger partial charge in [-0.1, -0.05) is 0 Å². The van der Waals surface area contributed by atoms with Crippen LogP contribution in [0.2, 0.25) is 0 Å². The van der Waals surface area contributed by atoms with Gasteiger partial charge in [0, 0.05) is 11.8 Å². The number of carbonyl (C=O) groups is 1. The number of nitriles is 1. The summed E-state index contributed by atoms with van der Waals surface area (Å²) in [7, 11) is 0. The number of ether oxygens (including phenoxy) is 1. The number of aromatic nitrogens is 2. The average Bonchev–Trinajstić information content (AvgIpc) is 3.13. The molecule has 0 saturated carbocycles. The van der Waals surface area contributed by atoms with Crippen LogP contribution in [0.3, 0.4) is 0 Å². The van der Waals surface area contributed by atoms with Crippen molar-refractivity contribution in [2.24, 2.45) is 0 Å². The molecular weight excluding hydrogens is 329 g/mol. The van der Waals surface area contributed by atoms with E-state index >= 15 is 0 Å². The molecule has 5 nitrogen and oxygen atoms in total. The lowest BCUT2D eigenvalue weighted by molar-refractivity contribution is 0.0507. The topological polar surface area (TPSA) is 67.9 Å². The molecule has 0 atom stereocenters. The van der Waals surface area contributed by atoms with Gasteiger partial charge in [0.2, 0.25) is 0 Å². The fourth-order valence-electron chi connectivity index (χ4n) is 2.29. The Morgan fingerprint density at radius 2 is 2.17 bits per heavy atom. The molecule has 7 heteroatoms. The zero-order valence-electron chi connectivity index (χ0n) is 13.0. The number of rotatable bonds is 5. The Hall–Kier alpha value is -2.72. The number of fused-ring (bicyclic) bond motifs is 1. The van der Waals surface area contributed by atoms with E-state index in [0.717, 1.165) is 21.6 Å². The Morgan fingerprint density at radius 3 is 2.88 bits per heavy atom. The third kappa shape index (κ3) is 3.14. The highest BCUT2D eigenvalue weighted by Gasteiger charge is 2.18. The summed E-state index contributed by atoms with van der Waals surface area (Å²) in [5, 5.41) is 13.8. The maximum absolute atomic E-state index is 13.1. The summed E-state index contributed by atoms with van der Waals surface area (Å²) in [6.07, 6.45) is 0.883. The number of carbonyl (C=O) groups excluding carboxylic acids is 1. The molecule has 0 aliphatic rings. The van der Waals surface area contributed by atoms with E-state index in [1.54, 1.807) is 22.9 Å². The molecule has 0 amide bonds. The predicted octanol–water partition coefficient (Wildman–Crippen LogP) is 4.00. The molecule has 3 aromatic rings. The minimum atomic E-state index is -0.404. The molecule has 24 heavy (non-hydrogen) atoms. The van der Waals surface area contributed by atoms with Crippen molar-refractivity contribution in [2.45, 2.75) is 19.8 Å². The largest absolute Gasteiger partial charge is 0.461 e. The summed E-state index contributed by atoms with van der Waals surface area (Å²) in [6.45, 7) is 2.08. The lowest BCUT2D eigenvalue weighted by Gasteiger charge is -2.02. The van der Waals surface area contributed by atoms with Crippen LogP contribution in [0, 0.1) is 24.1 Å². The van der Waals surface area contributed by atoms with E-state index in [0.29, 0.717) is 17.7 Å². The van der Waals surface area contributed by atoms with Crippen molar-refractivity contribution in [2.75, 3.05) is 6.61 Å². The zero-order valence-corrected chi connectivity index (χ0v) is 13.8. The SMILES string of the molecule is Cc1nn(-c2ccc(F)cc2)c2sc(C(=O)OCCCC#N)cc12. The van der Waals surface area contributed by atoms with E-state index in [1.165, 1.54) is 23.5 Å². The highest BCUT2D eigenvalue weighted by atomic mass is 32.1. The van der Waals surface area contributed by atoms with E-state index < -0.39 is 5.97 Å². The summed E-state index contributed by atoms with van der Waals surface area (Å²) in [4.78, 5) is 13.4. The van der Waals surface area contributed by atoms with Crippen LogP contribution in [0.4, 0.5) is 4.39 Å². The standard InChI is InChI=1S/C17H14FN3O2S/c1-11-14-10-15(17(22)23-9-3-2-8-19)24-16(14)21(20-11)13-6-4-12(18)5-7-13/h4-7,10H,2-3,9H2,1H3. The van der Waals surface area contributed by atoms with Gasteiger partial charge in [-0.25, -0.2) is 13.9 Å². The molecule has 0 aliphatic heterocycles. The first-order valence-corrected chi connectivity index (χ1v) is 8.21. The normalized spacial score (nSPS) is 10.7. The average molecular weight is 343 g/mol. The molecule has 0 spiro atoms. The lowest BCUT2D eigenvalue weighted by atomic mass is 10.3. The van der Waals surface area contributed by atoms with E-state index in [-0.39, 0.29) is 12.4 Å². The Labute approximate surface area is 141 Å². The number of thiophene rings is 1. The number of benzene rings is 1. The molecule has 2 heterocycles. The maximum atomic E-state index is 13.1. The minimum absolute atomic E-state index is 0.226. The number of aryl methyl sites for hydroxylation is 1. The highest BCUT2D eigenvalue weighted by molar-refractivity contribution is 7.20. The maximum Gasteiger partial charge on any atom is 0.348 e. The van der Waals surface area contributed by atoms with Crippen LogP contribution in [0.15, 0.2) is 30.3 Å². The van der Waals surface area contributed by atoms with Crippen molar-refractivity contribution in [3.05, 3.63) is 46.7 Å². The second-order valence-corrected chi connectivity index (χ2v) is 6.23. The minimum Gasteiger partial charge on any atom is -0.461 e. The van der Waals surface area contributed by atoms with Gasteiger partial charge in [-0.2, -0.15) is 10.4 Å². The lowest BCUT2D eigenvalue weighted by Crippen LogP contribution is -2.04. The number of hydrogen-bond donors (Lipinski definition) is 0. The van der Waals surface area contributed by atoms with Crippen molar-refractivity contribution in [1.82, 2.24) is 9.78 Å².